The molecular formula is C17H17N3O. The van der Waals surface area contributed by atoms with Crippen LogP contribution in [-0.4, -0.2) is 15.5 Å². The lowest BCUT2D eigenvalue weighted by Crippen LogP contribution is -2.24. The van der Waals surface area contributed by atoms with E-state index in [-0.39, 0.29) is 5.91 Å². The molecule has 0 unspecified atom stereocenters. The van der Waals surface area contributed by atoms with Crippen LogP contribution in [0.15, 0.2) is 60.9 Å². The maximum absolute atomic E-state index is 11.9. The Morgan fingerprint density at radius 1 is 1.10 bits per heavy atom. The maximum Gasteiger partial charge on any atom is 0.222 e. The lowest BCUT2D eigenvalue weighted by Gasteiger charge is -2.07. The zero-order valence-electron chi connectivity index (χ0n) is 11.7. The molecule has 3 aromatic rings. The molecule has 106 valence electrons. The van der Waals surface area contributed by atoms with Crippen LogP contribution in [0.3, 0.4) is 0 Å². The van der Waals surface area contributed by atoms with E-state index in [1.807, 2.05) is 36.5 Å². The van der Waals surface area contributed by atoms with E-state index in [4.69, 9.17) is 0 Å². The third-order valence-electron chi connectivity index (χ3n) is 3.45. The molecule has 4 nitrogen and oxygen atoms in total. The van der Waals surface area contributed by atoms with Gasteiger partial charge in [0.15, 0.2) is 0 Å². The monoisotopic (exact) mass is 279 g/mol. The van der Waals surface area contributed by atoms with E-state index in [9.17, 15) is 4.79 Å². The molecule has 0 radical (unpaired) electrons. The van der Waals surface area contributed by atoms with Crippen molar-refractivity contribution in [2.75, 3.05) is 0 Å². The van der Waals surface area contributed by atoms with Gasteiger partial charge in [0.05, 0.1) is 12.2 Å². The lowest BCUT2D eigenvalue weighted by atomic mass is 10.2. The van der Waals surface area contributed by atoms with Crippen molar-refractivity contribution >= 4 is 16.8 Å². The van der Waals surface area contributed by atoms with E-state index < -0.39 is 0 Å². The molecule has 0 spiro atoms. The molecule has 0 aliphatic carbocycles. The Balaban J connectivity index is 1.54. The first kappa shape index (κ1) is 13.4. The van der Waals surface area contributed by atoms with E-state index in [1.165, 1.54) is 5.39 Å². The molecule has 0 saturated carbocycles. The summed E-state index contributed by atoms with van der Waals surface area (Å²) >= 11 is 0. The number of carbonyl (C=O) groups excluding carboxylic acids is 1. The van der Waals surface area contributed by atoms with Crippen LogP contribution in [0.5, 0.6) is 0 Å². The molecule has 2 heterocycles. The molecule has 1 amide bonds. The third kappa shape index (κ3) is 3.28. The molecule has 2 aromatic heterocycles. The second-order valence-corrected chi connectivity index (χ2v) is 4.92. The first-order valence-electron chi connectivity index (χ1n) is 7.03. The minimum absolute atomic E-state index is 0.0402. The van der Waals surface area contributed by atoms with Crippen LogP contribution >= 0.6 is 0 Å². The number of hydrogen-bond acceptors (Lipinski definition) is 2. The van der Waals surface area contributed by atoms with Crippen molar-refractivity contribution in [3.63, 3.8) is 0 Å². The van der Waals surface area contributed by atoms with Gasteiger partial charge in [0.2, 0.25) is 5.91 Å². The number of hydrogen-bond donors (Lipinski definition) is 1. The zero-order chi connectivity index (χ0) is 14.5. The second kappa shape index (κ2) is 6.22. The zero-order valence-corrected chi connectivity index (χ0v) is 11.7. The van der Waals surface area contributed by atoms with Crippen LogP contribution in [0, 0.1) is 0 Å². The van der Waals surface area contributed by atoms with Crippen LogP contribution < -0.4 is 5.32 Å². The Kier molecular flexibility index (Phi) is 3.96. The first-order chi connectivity index (χ1) is 10.3. The minimum atomic E-state index is 0.0402. The molecule has 0 saturated heterocycles. The summed E-state index contributed by atoms with van der Waals surface area (Å²) < 4.78 is 2.11. The average molecular weight is 279 g/mol. The van der Waals surface area contributed by atoms with E-state index in [0.717, 1.165) is 11.2 Å². The fourth-order valence-electron chi connectivity index (χ4n) is 2.34. The molecule has 0 aliphatic heterocycles. The number of aryl methyl sites for hydroxylation is 1. The Hall–Kier alpha value is -2.62. The first-order valence-corrected chi connectivity index (χ1v) is 7.03. The van der Waals surface area contributed by atoms with Crippen molar-refractivity contribution in [1.82, 2.24) is 14.9 Å². The van der Waals surface area contributed by atoms with Crippen LogP contribution in [0.25, 0.3) is 10.9 Å². The summed E-state index contributed by atoms with van der Waals surface area (Å²) in [5, 5.41) is 4.10. The molecule has 0 bridgehead atoms. The molecule has 0 atom stereocenters. The van der Waals surface area contributed by atoms with Crippen LogP contribution in [0.4, 0.5) is 0 Å². The Morgan fingerprint density at radius 3 is 2.81 bits per heavy atom. The summed E-state index contributed by atoms with van der Waals surface area (Å²) in [5.41, 5.74) is 2.03. The van der Waals surface area contributed by atoms with E-state index in [2.05, 4.69) is 33.1 Å². The van der Waals surface area contributed by atoms with E-state index >= 15 is 0 Å². The largest absolute Gasteiger partial charge is 0.350 e. The summed E-state index contributed by atoms with van der Waals surface area (Å²) in [4.78, 5) is 16.1. The quantitative estimate of drug-likeness (QED) is 0.780. The Labute approximate surface area is 123 Å². The highest BCUT2D eigenvalue weighted by Gasteiger charge is 2.04. The van der Waals surface area contributed by atoms with Crippen molar-refractivity contribution in [3.05, 3.63) is 66.6 Å². The highest BCUT2D eigenvalue weighted by molar-refractivity contribution is 5.80. The van der Waals surface area contributed by atoms with Gasteiger partial charge in [0.1, 0.15) is 0 Å². The number of aromatic nitrogens is 2. The normalized spacial score (nSPS) is 10.7. The molecule has 21 heavy (non-hydrogen) atoms. The van der Waals surface area contributed by atoms with Gasteiger partial charge in [-0.1, -0.05) is 24.3 Å². The van der Waals surface area contributed by atoms with Gasteiger partial charge in [-0.15, -0.1) is 0 Å². The SMILES string of the molecule is O=C(CCn1ccc2ccccc21)NCc1ccccn1. The van der Waals surface area contributed by atoms with Crippen molar-refractivity contribution in [2.24, 2.45) is 0 Å². The molecule has 3 rings (SSSR count). The van der Waals surface area contributed by atoms with Crippen molar-refractivity contribution in [2.45, 2.75) is 19.5 Å². The van der Waals surface area contributed by atoms with E-state index in [1.54, 1.807) is 6.20 Å². The second-order valence-electron chi connectivity index (χ2n) is 4.92. The smallest absolute Gasteiger partial charge is 0.222 e. The number of rotatable bonds is 5. The fraction of sp³-hybridized carbons (Fsp3) is 0.176. The Bertz CT molecular complexity index is 734. The van der Waals surface area contributed by atoms with Gasteiger partial charge in [-0.3, -0.25) is 9.78 Å². The van der Waals surface area contributed by atoms with Gasteiger partial charge < -0.3 is 9.88 Å². The third-order valence-corrected chi connectivity index (χ3v) is 3.45. The van der Waals surface area contributed by atoms with E-state index in [0.29, 0.717) is 19.5 Å². The highest BCUT2D eigenvalue weighted by atomic mass is 16.1. The number of pyridine rings is 1. The molecule has 0 aliphatic rings. The maximum atomic E-state index is 11.9. The number of benzene rings is 1. The number of amides is 1. The molecule has 1 N–H and O–H groups in total. The molecule has 0 fully saturated rings. The number of nitrogens with one attached hydrogen (secondary N) is 1. The van der Waals surface area contributed by atoms with Gasteiger partial charge in [0.25, 0.3) is 0 Å². The predicted molar refractivity (Wildman–Crippen MR) is 82.6 cm³/mol. The molecule has 4 heteroatoms. The number of nitrogens with zero attached hydrogens (tertiary/aromatic N) is 2. The summed E-state index contributed by atoms with van der Waals surface area (Å²) in [6.45, 7) is 1.16. The van der Waals surface area contributed by atoms with Gasteiger partial charge in [0, 0.05) is 30.9 Å². The number of carbonyl (C=O) groups is 1. The number of fused-ring (bicyclic) bond motifs is 1. The predicted octanol–water partition coefficient (Wildman–Crippen LogP) is 2.74. The summed E-state index contributed by atoms with van der Waals surface area (Å²) in [6.07, 6.45) is 4.22. The van der Waals surface area contributed by atoms with Crippen molar-refractivity contribution < 1.29 is 4.79 Å². The van der Waals surface area contributed by atoms with Crippen LogP contribution in [-0.2, 0) is 17.9 Å². The lowest BCUT2D eigenvalue weighted by molar-refractivity contribution is -0.121. The summed E-state index contributed by atoms with van der Waals surface area (Å²) in [6, 6.07) is 15.9. The van der Waals surface area contributed by atoms with Crippen LogP contribution in [0.1, 0.15) is 12.1 Å². The van der Waals surface area contributed by atoms with Crippen LogP contribution in [0.2, 0.25) is 0 Å². The molecular weight excluding hydrogens is 262 g/mol. The van der Waals surface area contributed by atoms with Crippen molar-refractivity contribution in [1.29, 1.82) is 0 Å². The van der Waals surface area contributed by atoms with Gasteiger partial charge in [-0.25, -0.2) is 0 Å². The van der Waals surface area contributed by atoms with Gasteiger partial charge in [-0.05, 0) is 29.7 Å². The molecule has 1 aromatic carbocycles. The average Bonchev–Trinajstić information content (AvgIpc) is 2.95. The highest BCUT2D eigenvalue weighted by Crippen LogP contribution is 2.15. The Morgan fingerprint density at radius 2 is 1.95 bits per heavy atom. The van der Waals surface area contributed by atoms with Gasteiger partial charge in [-0.2, -0.15) is 0 Å². The van der Waals surface area contributed by atoms with Crippen molar-refractivity contribution in [3.8, 4) is 0 Å². The minimum Gasteiger partial charge on any atom is -0.350 e. The summed E-state index contributed by atoms with van der Waals surface area (Å²) in [7, 11) is 0. The van der Waals surface area contributed by atoms with Gasteiger partial charge >= 0.3 is 0 Å². The standard InChI is InChI=1S/C17H17N3O/c21-17(19-13-15-6-3-4-10-18-15)9-12-20-11-8-14-5-1-2-7-16(14)20/h1-8,10-11H,9,12-13H2,(H,19,21). The summed E-state index contributed by atoms with van der Waals surface area (Å²) in [5.74, 6) is 0.0402. The topological polar surface area (TPSA) is 46.9 Å². The number of para-hydroxylation sites is 1. The fourth-order valence-corrected chi connectivity index (χ4v) is 2.34.